The van der Waals surface area contributed by atoms with Crippen molar-refractivity contribution in [2.45, 2.75) is 43.5 Å². The molecule has 2 bridgehead atoms. The molecule has 3 atom stereocenters. The zero-order valence-corrected chi connectivity index (χ0v) is 17.1. The van der Waals surface area contributed by atoms with Gasteiger partial charge in [0, 0.05) is 18.7 Å². The Balaban J connectivity index is 1.52. The fourth-order valence-corrected chi connectivity index (χ4v) is 5.71. The standard InChI is InChI=1S/C22H26N2O3S/c1-15-6-10-20(11-7-15)28(26,27)24(2)19-5-3-4-18(14-19)22(25)23-21-13-16-8-9-17(21)12-16/h3-7,10-11,14,16-17,21H,8-9,12-13H2,1-2H3,(H,23,25)/t16-,17-,21-/m1/s1. The first-order valence-corrected chi connectivity index (χ1v) is 11.2. The second kappa shape index (κ2) is 7.24. The Hall–Kier alpha value is -2.34. The topological polar surface area (TPSA) is 66.5 Å². The third kappa shape index (κ3) is 3.53. The Kier molecular flexibility index (Phi) is 4.91. The highest BCUT2D eigenvalue weighted by Gasteiger charge is 2.40. The number of nitrogens with one attached hydrogen (secondary N) is 1. The molecule has 0 heterocycles. The molecule has 6 heteroatoms. The normalized spacial score (nSPS) is 23.6. The summed E-state index contributed by atoms with van der Waals surface area (Å²) in [6, 6.07) is 13.8. The first-order valence-electron chi connectivity index (χ1n) is 9.81. The number of carbonyl (C=O) groups excluding carboxylic acids is 1. The molecule has 0 unspecified atom stereocenters. The van der Waals surface area contributed by atoms with E-state index >= 15 is 0 Å². The number of hydrogen-bond acceptors (Lipinski definition) is 3. The van der Waals surface area contributed by atoms with Crippen LogP contribution in [0.3, 0.4) is 0 Å². The highest BCUT2D eigenvalue weighted by molar-refractivity contribution is 7.92. The number of nitrogens with zero attached hydrogens (tertiary/aromatic N) is 1. The predicted molar refractivity (Wildman–Crippen MR) is 110 cm³/mol. The van der Waals surface area contributed by atoms with Crippen LogP contribution >= 0.6 is 0 Å². The fourth-order valence-electron chi connectivity index (χ4n) is 4.52. The van der Waals surface area contributed by atoms with Crippen molar-refractivity contribution in [2.24, 2.45) is 11.8 Å². The molecule has 2 saturated carbocycles. The number of rotatable bonds is 5. The summed E-state index contributed by atoms with van der Waals surface area (Å²) in [4.78, 5) is 13.0. The predicted octanol–water partition coefficient (Wildman–Crippen LogP) is 3.74. The van der Waals surface area contributed by atoms with E-state index in [-0.39, 0.29) is 16.8 Å². The molecule has 5 nitrogen and oxygen atoms in total. The van der Waals surface area contributed by atoms with Gasteiger partial charge in [-0.3, -0.25) is 9.10 Å². The van der Waals surface area contributed by atoms with Crippen LogP contribution in [-0.4, -0.2) is 27.4 Å². The molecule has 2 aliphatic rings. The number of sulfonamides is 1. The monoisotopic (exact) mass is 398 g/mol. The van der Waals surface area contributed by atoms with Crippen LogP contribution in [-0.2, 0) is 10.0 Å². The number of benzene rings is 2. The number of carbonyl (C=O) groups is 1. The summed E-state index contributed by atoms with van der Waals surface area (Å²) < 4.78 is 27.1. The van der Waals surface area contributed by atoms with Gasteiger partial charge in [0.2, 0.25) is 0 Å². The van der Waals surface area contributed by atoms with Gasteiger partial charge in [-0.2, -0.15) is 0 Å². The average molecular weight is 399 g/mol. The lowest BCUT2D eigenvalue weighted by molar-refractivity contribution is 0.0923. The molecule has 0 spiro atoms. The molecule has 2 aromatic carbocycles. The van der Waals surface area contributed by atoms with Gasteiger partial charge < -0.3 is 5.32 Å². The van der Waals surface area contributed by atoms with Crippen molar-refractivity contribution < 1.29 is 13.2 Å². The maximum absolute atomic E-state index is 12.9. The highest BCUT2D eigenvalue weighted by Crippen LogP contribution is 2.44. The summed E-state index contributed by atoms with van der Waals surface area (Å²) in [5, 5.41) is 3.16. The molecule has 0 aromatic heterocycles. The summed E-state index contributed by atoms with van der Waals surface area (Å²) >= 11 is 0. The van der Waals surface area contributed by atoms with E-state index in [1.807, 2.05) is 6.92 Å². The van der Waals surface area contributed by atoms with Gasteiger partial charge in [-0.25, -0.2) is 8.42 Å². The van der Waals surface area contributed by atoms with Crippen LogP contribution in [0.4, 0.5) is 5.69 Å². The largest absolute Gasteiger partial charge is 0.349 e. The molecule has 2 fully saturated rings. The SMILES string of the molecule is Cc1ccc(S(=O)(=O)N(C)c2cccc(C(=O)N[C@@H]3C[C@@H]4CC[C@@H]3C4)c2)cc1. The van der Waals surface area contributed by atoms with Gasteiger partial charge in [0.25, 0.3) is 15.9 Å². The van der Waals surface area contributed by atoms with Crippen LogP contribution in [0.5, 0.6) is 0 Å². The number of fused-ring (bicyclic) bond motifs is 2. The molecule has 0 radical (unpaired) electrons. The van der Waals surface area contributed by atoms with E-state index in [1.165, 1.54) is 30.6 Å². The molecule has 0 saturated heterocycles. The van der Waals surface area contributed by atoms with Crippen molar-refractivity contribution in [1.29, 1.82) is 0 Å². The lowest BCUT2D eigenvalue weighted by Gasteiger charge is -2.23. The maximum Gasteiger partial charge on any atom is 0.264 e. The van der Waals surface area contributed by atoms with Crippen LogP contribution in [0, 0.1) is 18.8 Å². The van der Waals surface area contributed by atoms with Gasteiger partial charge in [0.1, 0.15) is 0 Å². The van der Waals surface area contributed by atoms with Crippen LogP contribution in [0.15, 0.2) is 53.4 Å². The maximum atomic E-state index is 12.9. The Morgan fingerprint density at radius 2 is 1.82 bits per heavy atom. The summed E-state index contributed by atoms with van der Waals surface area (Å²) in [5.74, 6) is 1.23. The van der Waals surface area contributed by atoms with Gasteiger partial charge in [0.05, 0.1) is 10.6 Å². The molecular weight excluding hydrogens is 372 g/mol. The molecule has 1 amide bonds. The van der Waals surface area contributed by atoms with E-state index in [4.69, 9.17) is 0 Å². The molecule has 2 aliphatic carbocycles. The smallest absolute Gasteiger partial charge is 0.264 e. The van der Waals surface area contributed by atoms with Gasteiger partial charge in [0.15, 0.2) is 0 Å². The van der Waals surface area contributed by atoms with Crippen molar-refractivity contribution in [3.05, 3.63) is 59.7 Å². The van der Waals surface area contributed by atoms with E-state index in [1.54, 1.807) is 48.5 Å². The fraction of sp³-hybridized carbons (Fsp3) is 0.409. The first kappa shape index (κ1) is 19.0. The van der Waals surface area contributed by atoms with Gasteiger partial charge >= 0.3 is 0 Å². The van der Waals surface area contributed by atoms with Crippen LogP contribution in [0.1, 0.15) is 41.6 Å². The zero-order chi connectivity index (χ0) is 19.9. The molecular formula is C22H26N2O3S. The lowest BCUT2D eigenvalue weighted by Crippen LogP contribution is -2.38. The summed E-state index contributed by atoms with van der Waals surface area (Å²) in [7, 11) is -2.16. The zero-order valence-electron chi connectivity index (χ0n) is 16.3. The van der Waals surface area contributed by atoms with Crippen molar-refractivity contribution in [3.8, 4) is 0 Å². The molecule has 28 heavy (non-hydrogen) atoms. The Morgan fingerprint density at radius 1 is 1.07 bits per heavy atom. The van der Waals surface area contributed by atoms with E-state index in [9.17, 15) is 13.2 Å². The van der Waals surface area contributed by atoms with Crippen molar-refractivity contribution in [2.75, 3.05) is 11.4 Å². The number of aryl methyl sites for hydroxylation is 1. The van der Waals surface area contributed by atoms with E-state index in [0.29, 0.717) is 17.2 Å². The minimum Gasteiger partial charge on any atom is -0.349 e. The Labute approximate surface area is 166 Å². The van der Waals surface area contributed by atoms with Gasteiger partial charge in [-0.05, 0) is 68.4 Å². The third-order valence-corrected chi connectivity index (χ3v) is 8.01. The first-order chi connectivity index (χ1) is 13.3. The second-order valence-corrected chi connectivity index (χ2v) is 10.1. The van der Waals surface area contributed by atoms with Crippen molar-refractivity contribution in [3.63, 3.8) is 0 Å². The molecule has 4 rings (SSSR count). The second-order valence-electron chi connectivity index (χ2n) is 8.09. The molecule has 0 aliphatic heterocycles. The highest BCUT2D eigenvalue weighted by atomic mass is 32.2. The van der Waals surface area contributed by atoms with Gasteiger partial charge in [-0.15, -0.1) is 0 Å². The molecule has 148 valence electrons. The third-order valence-electron chi connectivity index (χ3n) is 6.21. The molecule has 1 N–H and O–H groups in total. The lowest BCUT2D eigenvalue weighted by atomic mass is 9.95. The Morgan fingerprint density at radius 3 is 2.46 bits per heavy atom. The average Bonchev–Trinajstić information content (AvgIpc) is 3.31. The number of hydrogen-bond donors (Lipinski definition) is 1. The van der Waals surface area contributed by atoms with Crippen LogP contribution in [0.2, 0.25) is 0 Å². The van der Waals surface area contributed by atoms with E-state index < -0.39 is 10.0 Å². The van der Waals surface area contributed by atoms with Crippen molar-refractivity contribution in [1.82, 2.24) is 5.32 Å². The number of anilines is 1. The quantitative estimate of drug-likeness (QED) is 0.834. The van der Waals surface area contributed by atoms with E-state index in [2.05, 4.69) is 5.32 Å². The van der Waals surface area contributed by atoms with Crippen molar-refractivity contribution >= 4 is 21.6 Å². The number of amides is 1. The minimum absolute atomic E-state index is 0.125. The summed E-state index contributed by atoms with van der Waals surface area (Å²) in [6.45, 7) is 1.92. The Bertz CT molecular complexity index is 985. The van der Waals surface area contributed by atoms with Crippen LogP contribution < -0.4 is 9.62 Å². The minimum atomic E-state index is -3.68. The summed E-state index contributed by atoms with van der Waals surface area (Å²) in [5.41, 5.74) is 1.97. The van der Waals surface area contributed by atoms with Crippen LogP contribution in [0.25, 0.3) is 0 Å². The molecule has 2 aromatic rings. The summed E-state index contributed by atoms with van der Waals surface area (Å²) in [6.07, 6.45) is 4.78. The van der Waals surface area contributed by atoms with Gasteiger partial charge in [-0.1, -0.05) is 30.2 Å². The van der Waals surface area contributed by atoms with E-state index in [0.717, 1.165) is 17.9 Å².